The van der Waals surface area contributed by atoms with Gasteiger partial charge in [0.2, 0.25) is 0 Å². The summed E-state index contributed by atoms with van der Waals surface area (Å²) >= 11 is 1.71. The van der Waals surface area contributed by atoms with Crippen molar-refractivity contribution >= 4 is 17.2 Å². The molecular weight excluding hydrogens is 330 g/mol. The second kappa shape index (κ2) is 6.50. The van der Waals surface area contributed by atoms with E-state index in [9.17, 15) is 5.11 Å². The summed E-state index contributed by atoms with van der Waals surface area (Å²) in [5, 5.41) is 12.4. The van der Waals surface area contributed by atoms with Crippen LogP contribution < -0.4 is 10.6 Å². The highest BCUT2D eigenvalue weighted by Gasteiger charge is 2.22. The second-order valence-electron chi connectivity index (χ2n) is 6.59. The molecule has 1 saturated heterocycles. The number of nitrogens with zero attached hydrogens (tertiary/aromatic N) is 2. The highest BCUT2D eigenvalue weighted by molar-refractivity contribution is 7.13. The summed E-state index contributed by atoms with van der Waals surface area (Å²) in [7, 11) is 0. The SMILES string of the molecule is Cc1ccc(O)c(-c2cc(-c3cccs3)cc(N3CCC(N)C3)n2)c1. The van der Waals surface area contributed by atoms with Crippen molar-refractivity contribution in [2.45, 2.75) is 19.4 Å². The van der Waals surface area contributed by atoms with Crippen LogP contribution in [0.25, 0.3) is 21.7 Å². The normalized spacial score (nSPS) is 17.2. The lowest BCUT2D eigenvalue weighted by atomic mass is 10.0. The lowest BCUT2D eigenvalue weighted by Crippen LogP contribution is -2.26. The van der Waals surface area contributed by atoms with E-state index in [0.717, 1.165) is 47.7 Å². The number of aromatic hydroxyl groups is 1. The maximum absolute atomic E-state index is 10.3. The number of pyridine rings is 1. The smallest absolute Gasteiger partial charge is 0.129 e. The van der Waals surface area contributed by atoms with Gasteiger partial charge in [-0.2, -0.15) is 0 Å². The molecule has 128 valence electrons. The lowest BCUT2D eigenvalue weighted by Gasteiger charge is -2.19. The van der Waals surface area contributed by atoms with Gasteiger partial charge in [0.25, 0.3) is 0 Å². The van der Waals surface area contributed by atoms with Crippen molar-refractivity contribution in [2.24, 2.45) is 5.73 Å². The summed E-state index contributed by atoms with van der Waals surface area (Å²) in [4.78, 5) is 8.28. The molecule has 1 unspecified atom stereocenters. The summed E-state index contributed by atoms with van der Waals surface area (Å²) in [6.07, 6.45) is 0.982. The molecule has 3 N–H and O–H groups in total. The molecular formula is C20H21N3OS. The Balaban J connectivity index is 1.85. The third-order valence-corrected chi connectivity index (χ3v) is 5.51. The van der Waals surface area contributed by atoms with Crippen molar-refractivity contribution in [3.05, 3.63) is 53.4 Å². The van der Waals surface area contributed by atoms with E-state index in [1.54, 1.807) is 17.4 Å². The van der Waals surface area contributed by atoms with Crippen LogP contribution in [0.4, 0.5) is 5.82 Å². The van der Waals surface area contributed by atoms with Crippen molar-refractivity contribution in [3.63, 3.8) is 0 Å². The van der Waals surface area contributed by atoms with Crippen LogP contribution in [-0.4, -0.2) is 29.2 Å². The third-order valence-electron chi connectivity index (χ3n) is 4.59. The number of aromatic nitrogens is 1. The topological polar surface area (TPSA) is 62.4 Å². The van der Waals surface area contributed by atoms with Gasteiger partial charge in [0.1, 0.15) is 11.6 Å². The van der Waals surface area contributed by atoms with E-state index in [-0.39, 0.29) is 11.8 Å². The van der Waals surface area contributed by atoms with E-state index < -0.39 is 0 Å². The molecule has 1 fully saturated rings. The van der Waals surface area contributed by atoms with Crippen molar-refractivity contribution in [3.8, 4) is 27.4 Å². The Bertz CT molecular complexity index is 892. The first kappa shape index (κ1) is 16.1. The standard InChI is InChI=1S/C20H21N3OS/c1-13-4-5-18(24)16(9-13)17-10-14(19-3-2-8-25-19)11-20(22-17)23-7-6-15(21)12-23/h2-5,8-11,15,24H,6-7,12,21H2,1H3. The Morgan fingerprint density at radius 2 is 2.12 bits per heavy atom. The molecule has 2 aromatic heterocycles. The van der Waals surface area contributed by atoms with Gasteiger partial charge in [-0.25, -0.2) is 4.98 Å². The molecule has 3 heterocycles. The fourth-order valence-electron chi connectivity index (χ4n) is 3.25. The molecule has 4 rings (SSSR count). The molecule has 0 aliphatic carbocycles. The van der Waals surface area contributed by atoms with Crippen LogP contribution in [0.15, 0.2) is 47.8 Å². The van der Waals surface area contributed by atoms with Gasteiger partial charge in [-0.15, -0.1) is 11.3 Å². The van der Waals surface area contributed by atoms with E-state index in [0.29, 0.717) is 0 Å². The van der Waals surface area contributed by atoms with E-state index in [1.165, 1.54) is 4.88 Å². The van der Waals surface area contributed by atoms with Gasteiger partial charge >= 0.3 is 0 Å². The minimum Gasteiger partial charge on any atom is -0.507 e. The minimum atomic E-state index is 0.197. The van der Waals surface area contributed by atoms with Crippen LogP contribution >= 0.6 is 11.3 Å². The minimum absolute atomic E-state index is 0.197. The molecule has 1 atom stereocenters. The van der Waals surface area contributed by atoms with Crippen LogP contribution in [0.1, 0.15) is 12.0 Å². The monoisotopic (exact) mass is 351 g/mol. The summed E-state index contributed by atoms with van der Waals surface area (Å²) in [6, 6.07) is 14.2. The molecule has 0 bridgehead atoms. The average molecular weight is 351 g/mol. The third kappa shape index (κ3) is 3.25. The van der Waals surface area contributed by atoms with Gasteiger partial charge < -0.3 is 15.7 Å². The van der Waals surface area contributed by atoms with E-state index in [2.05, 4.69) is 34.5 Å². The number of phenols is 1. The highest BCUT2D eigenvalue weighted by atomic mass is 32.1. The molecule has 1 aliphatic rings. The number of benzene rings is 1. The number of hydrogen-bond donors (Lipinski definition) is 2. The highest BCUT2D eigenvalue weighted by Crippen LogP contribution is 2.35. The maximum atomic E-state index is 10.3. The number of nitrogens with two attached hydrogens (primary N) is 1. The lowest BCUT2D eigenvalue weighted by molar-refractivity contribution is 0.477. The Labute approximate surface area is 151 Å². The zero-order valence-corrected chi connectivity index (χ0v) is 15.0. The van der Waals surface area contributed by atoms with Crippen molar-refractivity contribution in [1.29, 1.82) is 0 Å². The Hall–Kier alpha value is -2.37. The van der Waals surface area contributed by atoms with E-state index in [1.807, 2.05) is 19.1 Å². The molecule has 0 saturated carbocycles. The second-order valence-corrected chi connectivity index (χ2v) is 7.54. The van der Waals surface area contributed by atoms with E-state index in [4.69, 9.17) is 10.7 Å². The zero-order chi connectivity index (χ0) is 17.4. The molecule has 0 spiro atoms. The number of hydrogen-bond acceptors (Lipinski definition) is 5. The fourth-order valence-corrected chi connectivity index (χ4v) is 3.97. The van der Waals surface area contributed by atoms with Crippen LogP contribution in [-0.2, 0) is 0 Å². The van der Waals surface area contributed by atoms with Gasteiger partial charge in [0, 0.05) is 29.6 Å². The molecule has 25 heavy (non-hydrogen) atoms. The Morgan fingerprint density at radius 3 is 2.84 bits per heavy atom. The summed E-state index contributed by atoms with van der Waals surface area (Å²) in [6.45, 7) is 3.76. The first-order valence-corrected chi connectivity index (χ1v) is 9.34. The predicted molar refractivity (Wildman–Crippen MR) is 104 cm³/mol. The quantitative estimate of drug-likeness (QED) is 0.748. The van der Waals surface area contributed by atoms with Gasteiger partial charge in [-0.3, -0.25) is 0 Å². The largest absolute Gasteiger partial charge is 0.507 e. The van der Waals surface area contributed by atoms with Gasteiger partial charge in [0.15, 0.2) is 0 Å². The van der Waals surface area contributed by atoms with Crippen LogP contribution in [0.3, 0.4) is 0 Å². The number of anilines is 1. The molecule has 0 amide bonds. The van der Waals surface area contributed by atoms with Crippen molar-refractivity contribution in [2.75, 3.05) is 18.0 Å². The van der Waals surface area contributed by atoms with Crippen LogP contribution in [0, 0.1) is 6.92 Å². The van der Waals surface area contributed by atoms with Crippen molar-refractivity contribution in [1.82, 2.24) is 4.98 Å². The number of aryl methyl sites for hydroxylation is 1. The first-order valence-electron chi connectivity index (χ1n) is 8.46. The molecule has 0 radical (unpaired) electrons. The van der Waals surface area contributed by atoms with Crippen LogP contribution in [0.2, 0.25) is 0 Å². The molecule has 3 aromatic rings. The molecule has 1 aliphatic heterocycles. The number of thiophene rings is 1. The van der Waals surface area contributed by atoms with E-state index >= 15 is 0 Å². The van der Waals surface area contributed by atoms with Crippen LogP contribution in [0.5, 0.6) is 5.75 Å². The Morgan fingerprint density at radius 1 is 1.24 bits per heavy atom. The fraction of sp³-hybridized carbons (Fsp3) is 0.250. The summed E-state index contributed by atoms with van der Waals surface area (Å²) < 4.78 is 0. The molecule has 1 aromatic carbocycles. The number of rotatable bonds is 3. The Kier molecular flexibility index (Phi) is 4.19. The maximum Gasteiger partial charge on any atom is 0.129 e. The summed E-state index contributed by atoms with van der Waals surface area (Å²) in [5.41, 5.74) is 9.86. The molecule has 4 nitrogen and oxygen atoms in total. The zero-order valence-electron chi connectivity index (χ0n) is 14.1. The first-order chi connectivity index (χ1) is 12.1. The average Bonchev–Trinajstić information content (AvgIpc) is 3.28. The van der Waals surface area contributed by atoms with Crippen molar-refractivity contribution < 1.29 is 5.11 Å². The van der Waals surface area contributed by atoms with Gasteiger partial charge in [0.05, 0.1) is 5.69 Å². The number of phenolic OH excluding ortho intramolecular Hbond substituents is 1. The predicted octanol–water partition coefficient (Wildman–Crippen LogP) is 4.03. The van der Waals surface area contributed by atoms with Gasteiger partial charge in [-0.1, -0.05) is 17.7 Å². The summed E-state index contributed by atoms with van der Waals surface area (Å²) in [5.74, 6) is 1.18. The van der Waals surface area contributed by atoms with Gasteiger partial charge in [-0.05, 0) is 54.6 Å². The molecule has 5 heteroatoms.